The Balaban J connectivity index is 3.06. The van der Waals surface area contributed by atoms with E-state index in [0.29, 0.717) is 0 Å². The topological polar surface area (TPSA) is 60.7 Å². The molecular formula is C7H11O3P. The molecule has 0 fully saturated rings. The van der Waals surface area contributed by atoms with Gasteiger partial charge in [0.05, 0.1) is 0 Å². The van der Waals surface area contributed by atoms with E-state index < -0.39 is 7.94 Å². The number of aryl methyl sites for hydroxylation is 1. The van der Waals surface area contributed by atoms with Crippen LogP contribution in [-0.4, -0.2) is 14.7 Å². The first-order valence-corrected chi connectivity index (χ1v) is 5.08. The van der Waals surface area contributed by atoms with E-state index in [9.17, 15) is 0 Å². The molecule has 11 heavy (non-hydrogen) atoms. The molecule has 0 bridgehead atoms. The van der Waals surface area contributed by atoms with Crippen molar-refractivity contribution in [3.63, 3.8) is 0 Å². The van der Waals surface area contributed by atoms with Gasteiger partial charge in [-0.3, -0.25) is 0 Å². The zero-order valence-corrected chi connectivity index (χ0v) is 7.15. The Morgan fingerprint density at radius 3 is 2.18 bits per heavy atom. The summed E-state index contributed by atoms with van der Waals surface area (Å²) < 4.78 is 0. The molecule has 1 rings (SSSR count). The van der Waals surface area contributed by atoms with Crippen molar-refractivity contribution in [3.8, 4) is 0 Å². The van der Waals surface area contributed by atoms with E-state index in [0.717, 1.165) is 5.56 Å². The van der Waals surface area contributed by atoms with E-state index >= 15 is 0 Å². The van der Waals surface area contributed by atoms with Crippen LogP contribution in [0.5, 0.6) is 0 Å². The Kier molecular flexibility index (Phi) is 2.25. The van der Waals surface area contributed by atoms with Gasteiger partial charge in [-0.15, -0.1) is 0 Å². The Labute approximate surface area is 65.5 Å². The van der Waals surface area contributed by atoms with E-state index in [1.54, 1.807) is 12.1 Å². The predicted molar refractivity (Wildman–Crippen MR) is 45.8 cm³/mol. The maximum atomic E-state index is 8.86. The summed E-state index contributed by atoms with van der Waals surface area (Å²) in [6.45, 7) is 1.82. The van der Waals surface area contributed by atoms with Gasteiger partial charge in [0, 0.05) is 0 Å². The number of rotatable bonds is 1. The zero-order chi connectivity index (χ0) is 8.48. The molecule has 62 valence electrons. The van der Waals surface area contributed by atoms with Crippen molar-refractivity contribution in [2.45, 2.75) is 6.92 Å². The second-order valence-corrected chi connectivity index (χ2v) is 4.35. The molecule has 0 atom stereocenters. The molecule has 0 aliphatic rings. The molecule has 0 aliphatic heterocycles. The van der Waals surface area contributed by atoms with Crippen molar-refractivity contribution in [2.75, 3.05) is 0 Å². The van der Waals surface area contributed by atoms with Gasteiger partial charge in [0.1, 0.15) is 0 Å². The molecule has 4 heteroatoms. The minimum atomic E-state index is -4.06. The van der Waals surface area contributed by atoms with Gasteiger partial charge in [0.2, 0.25) is 0 Å². The molecule has 0 radical (unpaired) electrons. The van der Waals surface area contributed by atoms with Crippen molar-refractivity contribution < 1.29 is 14.7 Å². The van der Waals surface area contributed by atoms with E-state index in [-0.39, 0.29) is 5.30 Å². The average molecular weight is 174 g/mol. The van der Waals surface area contributed by atoms with Gasteiger partial charge >= 0.3 is 64.7 Å². The van der Waals surface area contributed by atoms with Crippen LogP contribution in [0.4, 0.5) is 0 Å². The molecule has 0 saturated carbocycles. The minimum absolute atomic E-state index is 0.220. The Bertz CT molecular complexity index is 254. The molecule has 0 aliphatic carbocycles. The van der Waals surface area contributed by atoms with Gasteiger partial charge in [-0.05, 0) is 0 Å². The third-order valence-electron chi connectivity index (χ3n) is 1.41. The van der Waals surface area contributed by atoms with Crippen LogP contribution < -0.4 is 5.30 Å². The van der Waals surface area contributed by atoms with Crippen molar-refractivity contribution in [1.29, 1.82) is 0 Å². The summed E-state index contributed by atoms with van der Waals surface area (Å²) in [6, 6.07) is 6.56. The molecule has 0 aromatic heterocycles. The summed E-state index contributed by atoms with van der Waals surface area (Å²) >= 11 is 0. The average Bonchev–Trinajstić information content (AvgIpc) is 1.86. The molecule has 3 nitrogen and oxygen atoms in total. The third kappa shape index (κ3) is 2.24. The fourth-order valence-electron chi connectivity index (χ4n) is 0.854. The SMILES string of the molecule is Cc1cccc([PH](O)(O)O)c1. The molecule has 1 aromatic carbocycles. The van der Waals surface area contributed by atoms with Gasteiger partial charge < -0.3 is 0 Å². The van der Waals surface area contributed by atoms with Crippen LogP contribution in [0.25, 0.3) is 0 Å². The maximum absolute atomic E-state index is 8.86. The van der Waals surface area contributed by atoms with E-state index in [1.807, 2.05) is 13.0 Å². The summed E-state index contributed by atoms with van der Waals surface area (Å²) in [5, 5.41) is 0.220. The van der Waals surface area contributed by atoms with Crippen molar-refractivity contribution >= 4 is 13.2 Å². The van der Waals surface area contributed by atoms with Crippen LogP contribution in [-0.2, 0) is 0 Å². The number of hydrogen-bond donors (Lipinski definition) is 3. The number of benzene rings is 1. The summed E-state index contributed by atoms with van der Waals surface area (Å²) in [5.74, 6) is 0. The number of hydrogen-bond acceptors (Lipinski definition) is 3. The molecule has 3 N–H and O–H groups in total. The summed E-state index contributed by atoms with van der Waals surface area (Å²) in [7, 11) is -4.06. The molecule has 0 heterocycles. The van der Waals surface area contributed by atoms with Gasteiger partial charge in [0.25, 0.3) is 0 Å². The molecule has 0 amide bonds. The van der Waals surface area contributed by atoms with Crippen molar-refractivity contribution in [1.82, 2.24) is 0 Å². The van der Waals surface area contributed by atoms with Crippen LogP contribution >= 0.6 is 7.94 Å². The first-order valence-electron chi connectivity index (χ1n) is 3.24. The predicted octanol–water partition coefficient (Wildman–Crippen LogP) is 0.0921. The van der Waals surface area contributed by atoms with Gasteiger partial charge in [-0.2, -0.15) is 0 Å². The van der Waals surface area contributed by atoms with Crippen LogP contribution in [0, 0.1) is 6.92 Å². The van der Waals surface area contributed by atoms with Gasteiger partial charge in [0.15, 0.2) is 0 Å². The Morgan fingerprint density at radius 2 is 1.82 bits per heavy atom. The molecule has 0 unspecified atom stereocenters. The fraction of sp³-hybridized carbons (Fsp3) is 0.143. The van der Waals surface area contributed by atoms with E-state index in [4.69, 9.17) is 14.7 Å². The fourth-order valence-corrected chi connectivity index (χ4v) is 1.59. The monoisotopic (exact) mass is 174 g/mol. The van der Waals surface area contributed by atoms with Crippen LogP contribution in [0.1, 0.15) is 5.56 Å². The van der Waals surface area contributed by atoms with Gasteiger partial charge in [-0.25, -0.2) is 0 Å². The first kappa shape index (κ1) is 8.62. The second kappa shape index (κ2) is 2.88. The Morgan fingerprint density at radius 1 is 1.18 bits per heavy atom. The molecule has 0 saturated heterocycles. The van der Waals surface area contributed by atoms with E-state index in [2.05, 4.69) is 0 Å². The zero-order valence-electron chi connectivity index (χ0n) is 6.15. The summed E-state index contributed by atoms with van der Waals surface area (Å²) in [4.78, 5) is 26.6. The Hall–Kier alpha value is -0.470. The van der Waals surface area contributed by atoms with Crippen molar-refractivity contribution in [2.24, 2.45) is 0 Å². The summed E-state index contributed by atoms with van der Waals surface area (Å²) in [6.07, 6.45) is 0. The normalized spacial score (nSPS) is 13.1. The standard InChI is InChI=1S/C7H11O3P/c1-6-3-2-4-7(5-6)11(8,9)10/h2-5,8-11H,1H3. The van der Waals surface area contributed by atoms with Gasteiger partial charge in [-0.1, -0.05) is 0 Å². The van der Waals surface area contributed by atoms with Crippen molar-refractivity contribution in [3.05, 3.63) is 29.8 Å². The van der Waals surface area contributed by atoms with Crippen LogP contribution in [0.3, 0.4) is 0 Å². The van der Waals surface area contributed by atoms with Crippen LogP contribution in [0.15, 0.2) is 24.3 Å². The third-order valence-corrected chi connectivity index (χ3v) is 2.49. The van der Waals surface area contributed by atoms with E-state index in [1.165, 1.54) is 6.07 Å². The summed E-state index contributed by atoms with van der Waals surface area (Å²) in [5.41, 5.74) is 0.900. The molecule has 0 spiro atoms. The first-order chi connectivity index (χ1) is 5.00. The second-order valence-electron chi connectivity index (χ2n) is 2.50. The van der Waals surface area contributed by atoms with Crippen LogP contribution in [0.2, 0.25) is 0 Å². The molecule has 1 aromatic rings. The molecular weight excluding hydrogens is 163 g/mol. The quantitative estimate of drug-likeness (QED) is 0.529.